The van der Waals surface area contributed by atoms with Gasteiger partial charge in [0.25, 0.3) is 0 Å². The third-order valence-corrected chi connectivity index (χ3v) is 16.6. The van der Waals surface area contributed by atoms with Crippen molar-refractivity contribution >= 4 is 17.9 Å². The third kappa shape index (κ3) is 19.3. The van der Waals surface area contributed by atoms with Gasteiger partial charge in [0.05, 0.1) is 34.0 Å². The van der Waals surface area contributed by atoms with Crippen molar-refractivity contribution in [2.24, 2.45) is 0 Å². The van der Waals surface area contributed by atoms with E-state index in [1.165, 1.54) is 0 Å². The first-order chi connectivity index (χ1) is 42.3. The zero-order valence-electron chi connectivity index (χ0n) is 59.3. The number of phenolic OH excluding ortho intramolecular Hbond substituents is 1. The molecule has 0 aliphatic carbocycles. The second kappa shape index (κ2) is 29.4. The minimum absolute atomic E-state index is 0.174. The Morgan fingerprint density at radius 3 is 0.846 bits per heavy atom. The van der Waals surface area contributed by atoms with Crippen molar-refractivity contribution in [1.29, 1.82) is 0 Å². The molecular weight excluding hydrogens is 1140 g/mol. The molecule has 6 aromatic carbocycles. The lowest BCUT2D eigenvalue weighted by Crippen LogP contribution is -2.19. The molecule has 0 unspecified atom stereocenters. The molecule has 12 nitrogen and oxygen atoms in total. The van der Waals surface area contributed by atoms with Crippen molar-refractivity contribution in [3.05, 3.63) is 174 Å². The lowest BCUT2D eigenvalue weighted by atomic mass is 9.80. The lowest BCUT2D eigenvalue weighted by Gasteiger charge is -2.28. The molecule has 91 heavy (non-hydrogen) atoms. The first kappa shape index (κ1) is 72.6. The van der Waals surface area contributed by atoms with Crippen LogP contribution in [0.5, 0.6) is 34.5 Å². The summed E-state index contributed by atoms with van der Waals surface area (Å²) in [6, 6.07) is 29.6. The van der Waals surface area contributed by atoms with E-state index in [0.717, 1.165) is 89.0 Å². The van der Waals surface area contributed by atoms with Crippen LogP contribution in [-0.4, -0.2) is 76.9 Å². The van der Waals surface area contributed by atoms with Gasteiger partial charge < -0.3 is 43.0 Å². The number of aromatic hydroxyl groups is 1. The van der Waals surface area contributed by atoms with E-state index in [1.54, 1.807) is 41.1 Å². The topological polar surface area (TPSA) is 145 Å². The number of hydrogen-bond acceptors (Lipinski definition) is 12. The van der Waals surface area contributed by atoms with Gasteiger partial charge in [-0.15, -0.1) is 0 Å². The molecule has 0 aliphatic heterocycles. The summed E-state index contributed by atoms with van der Waals surface area (Å²) >= 11 is 0. The SMILES string of the molecule is CCOC(=O)COc1ccc(C(C)(C)C)cc1Cc1cc(C(C)(C)C)cc(Cc2cc(C(C)(C)C)cc(Cc3cc(C(C)(C)C)cc(Cc4cc(C(C)(C)C)cc(Cc5cc(C(C)(C)C)ccc5O)c4OCC(=O)OCC)c3OC)c2OCC(=O)OCC)c1OC. The number of methoxy groups -OCH3 is 2. The third-order valence-electron chi connectivity index (χ3n) is 16.6. The van der Waals surface area contributed by atoms with Crippen LogP contribution in [0.25, 0.3) is 0 Å². The molecule has 6 rings (SSSR count). The zero-order chi connectivity index (χ0) is 67.8. The van der Waals surface area contributed by atoms with Gasteiger partial charge in [0, 0.05) is 32.1 Å². The van der Waals surface area contributed by atoms with Crippen molar-refractivity contribution < 1.29 is 57.4 Å². The van der Waals surface area contributed by atoms with Crippen LogP contribution < -0.4 is 23.7 Å². The summed E-state index contributed by atoms with van der Waals surface area (Å²) in [5.74, 6) is 1.81. The standard InChI is InChI=1S/C79H106O12/c1-24-86-67(81)46-89-66-30-28-60(75(7,8)9)37-50(66)32-51-38-61(76(10,11)12)39-52(70(51)84-22)33-57-44-64(79(19,20)21)45-58(73(57)91-48-69(83)88-26-3)35-54-41-62(77(13,14)15)40-53(71(54)85-23)34-56-43-63(78(16,17)18)42-55(72(56)90-47-68(82)87-25-2)31-49-36-59(74(4,5)6)27-29-65(49)80/h27-30,36-45,80H,24-26,31-35,46-48H2,1-23H3. The van der Waals surface area contributed by atoms with E-state index in [4.69, 9.17) is 37.9 Å². The van der Waals surface area contributed by atoms with Crippen molar-refractivity contribution in [3.8, 4) is 34.5 Å². The van der Waals surface area contributed by atoms with Gasteiger partial charge in [0.2, 0.25) is 0 Å². The van der Waals surface area contributed by atoms with Crippen LogP contribution in [0.3, 0.4) is 0 Å². The fraction of sp³-hybridized carbons (Fsp3) is 0.506. The summed E-state index contributed by atoms with van der Waals surface area (Å²) in [5, 5.41) is 11.5. The molecule has 0 fully saturated rings. The van der Waals surface area contributed by atoms with Crippen molar-refractivity contribution in [1.82, 2.24) is 0 Å². The van der Waals surface area contributed by atoms with Crippen LogP contribution in [0.15, 0.2) is 84.9 Å². The number of rotatable bonds is 24. The molecule has 0 aromatic heterocycles. The summed E-state index contributed by atoms with van der Waals surface area (Å²) in [6.45, 7) is 44.5. The van der Waals surface area contributed by atoms with E-state index in [-0.39, 0.29) is 77.9 Å². The van der Waals surface area contributed by atoms with E-state index in [2.05, 4.69) is 191 Å². The predicted octanol–water partition coefficient (Wildman–Crippen LogP) is 17.0. The van der Waals surface area contributed by atoms with Gasteiger partial charge in [-0.3, -0.25) is 0 Å². The van der Waals surface area contributed by atoms with Crippen LogP contribution in [0.1, 0.15) is 234 Å². The minimum atomic E-state index is -0.489. The lowest BCUT2D eigenvalue weighted by molar-refractivity contribution is -0.146. The quantitative estimate of drug-likeness (QED) is 0.0455. The molecule has 0 amide bonds. The summed E-state index contributed by atoms with van der Waals surface area (Å²) < 4.78 is 49.1. The molecule has 1 N–H and O–H groups in total. The Morgan fingerprint density at radius 1 is 0.319 bits per heavy atom. The molecule has 6 aromatic rings. The van der Waals surface area contributed by atoms with Crippen LogP contribution in [0.4, 0.5) is 0 Å². The summed E-state index contributed by atoms with van der Waals surface area (Å²) in [6.07, 6.45) is 1.84. The maximum atomic E-state index is 13.5. The number of esters is 3. The largest absolute Gasteiger partial charge is 0.508 e. The van der Waals surface area contributed by atoms with E-state index in [0.29, 0.717) is 60.9 Å². The highest BCUT2D eigenvalue weighted by molar-refractivity contribution is 5.72. The van der Waals surface area contributed by atoms with E-state index in [1.807, 2.05) is 12.1 Å². The summed E-state index contributed by atoms with van der Waals surface area (Å²) in [5.41, 5.74) is 13.6. The van der Waals surface area contributed by atoms with E-state index >= 15 is 0 Å². The molecule has 0 aliphatic rings. The smallest absolute Gasteiger partial charge is 0.344 e. The van der Waals surface area contributed by atoms with Crippen molar-refractivity contribution in [2.45, 2.75) is 210 Å². The Labute approximate surface area is 545 Å². The Morgan fingerprint density at radius 2 is 0.560 bits per heavy atom. The highest BCUT2D eigenvalue weighted by atomic mass is 16.6. The molecule has 494 valence electrons. The monoisotopic (exact) mass is 1250 g/mol. The van der Waals surface area contributed by atoms with Gasteiger partial charge in [-0.2, -0.15) is 0 Å². The average Bonchev–Trinajstić information content (AvgIpc) is 0.804. The minimum Gasteiger partial charge on any atom is -0.508 e. The second-order valence-corrected chi connectivity index (χ2v) is 30.2. The predicted molar refractivity (Wildman–Crippen MR) is 366 cm³/mol. The first-order valence-electron chi connectivity index (χ1n) is 32.3. The molecule has 0 radical (unpaired) electrons. The Balaban J connectivity index is 1.62. The fourth-order valence-corrected chi connectivity index (χ4v) is 11.2. The average molecular weight is 1250 g/mol. The number of carbonyl (C=O) groups is 3. The molecule has 0 atom stereocenters. The molecule has 12 heteroatoms. The molecule has 0 bridgehead atoms. The van der Waals surface area contributed by atoms with E-state index < -0.39 is 17.9 Å². The van der Waals surface area contributed by atoms with Crippen LogP contribution in [-0.2, 0) is 93.2 Å². The van der Waals surface area contributed by atoms with Crippen LogP contribution in [0, 0.1) is 0 Å². The molecule has 0 heterocycles. The first-order valence-corrected chi connectivity index (χ1v) is 32.3. The number of ether oxygens (including phenoxy) is 8. The highest BCUT2D eigenvalue weighted by Gasteiger charge is 2.30. The molecule has 0 saturated heterocycles. The van der Waals surface area contributed by atoms with Gasteiger partial charge in [-0.25, -0.2) is 14.4 Å². The Bertz CT molecular complexity index is 3540. The van der Waals surface area contributed by atoms with Gasteiger partial charge in [0.1, 0.15) is 34.5 Å². The normalized spacial score (nSPS) is 12.3. The van der Waals surface area contributed by atoms with Crippen LogP contribution in [0.2, 0.25) is 0 Å². The number of hydrogen-bond donors (Lipinski definition) is 1. The Hall–Kier alpha value is -7.47. The highest BCUT2D eigenvalue weighted by Crippen LogP contribution is 2.44. The summed E-state index contributed by atoms with van der Waals surface area (Å²) in [4.78, 5) is 39.4. The maximum absolute atomic E-state index is 13.5. The van der Waals surface area contributed by atoms with Crippen molar-refractivity contribution in [3.63, 3.8) is 0 Å². The maximum Gasteiger partial charge on any atom is 0.344 e. The van der Waals surface area contributed by atoms with Gasteiger partial charge in [0.15, 0.2) is 19.8 Å². The molecule has 0 spiro atoms. The van der Waals surface area contributed by atoms with Gasteiger partial charge >= 0.3 is 17.9 Å². The van der Waals surface area contributed by atoms with Gasteiger partial charge in [-0.1, -0.05) is 197 Å². The molecular formula is C79H106O12. The zero-order valence-corrected chi connectivity index (χ0v) is 59.3. The van der Waals surface area contributed by atoms with Crippen molar-refractivity contribution in [2.75, 3.05) is 53.9 Å². The summed E-state index contributed by atoms with van der Waals surface area (Å²) in [7, 11) is 3.41. The number of benzene rings is 6. The van der Waals surface area contributed by atoms with E-state index in [9.17, 15) is 19.5 Å². The second-order valence-electron chi connectivity index (χ2n) is 30.2. The van der Waals surface area contributed by atoms with Gasteiger partial charge in [-0.05, 0) is 154 Å². The fourth-order valence-electron chi connectivity index (χ4n) is 11.2. The molecule has 0 saturated carbocycles. The number of carbonyl (C=O) groups excluding carboxylic acids is 3. The number of phenols is 1. The van der Waals surface area contributed by atoms with Crippen LogP contribution >= 0.6 is 0 Å². The Kier molecular flexibility index (Phi) is 23.5.